The van der Waals surface area contributed by atoms with E-state index >= 15 is 0 Å². The van der Waals surface area contributed by atoms with Crippen molar-refractivity contribution in [1.82, 2.24) is 5.32 Å². The average Bonchev–Trinajstić information content (AvgIpc) is 2.92. The van der Waals surface area contributed by atoms with Crippen molar-refractivity contribution in [3.05, 3.63) is 59.7 Å². The van der Waals surface area contributed by atoms with Gasteiger partial charge in [0.2, 0.25) is 0 Å². The number of benzene rings is 2. The maximum absolute atomic E-state index is 14.0. The molecule has 0 saturated carbocycles. The van der Waals surface area contributed by atoms with E-state index in [4.69, 9.17) is 0 Å². The fourth-order valence-corrected chi connectivity index (χ4v) is 3.92. The molecule has 2 aromatic rings. The van der Waals surface area contributed by atoms with E-state index in [2.05, 4.69) is 10.3 Å². The third kappa shape index (κ3) is 2.31. The molecule has 25 heavy (non-hydrogen) atoms. The number of hydrogen-bond donors (Lipinski definition) is 1. The minimum Gasteiger partial charge on any atom is -0.301 e. The van der Waals surface area contributed by atoms with Crippen molar-refractivity contribution < 1.29 is 18.0 Å². The molecule has 0 saturated heterocycles. The number of thioether (sulfide) groups is 1. The van der Waals surface area contributed by atoms with Crippen LogP contribution in [0.15, 0.2) is 58.4 Å². The zero-order valence-electron chi connectivity index (χ0n) is 13.0. The largest absolute Gasteiger partial charge is 0.436 e. The number of para-hydroxylation sites is 1. The molecule has 0 bridgehead atoms. The third-order valence-electron chi connectivity index (χ3n) is 4.13. The Morgan fingerprint density at radius 2 is 1.80 bits per heavy atom. The van der Waals surface area contributed by atoms with Gasteiger partial charge in [-0.1, -0.05) is 42.0 Å². The Balaban J connectivity index is 1.90. The summed E-state index contributed by atoms with van der Waals surface area (Å²) in [6, 6.07) is 11.9. The minimum absolute atomic E-state index is 0.0165. The van der Waals surface area contributed by atoms with E-state index in [1.165, 1.54) is 17.0 Å². The molecule has 0 unspecified atom stereocenters. The van der Waals surface area contributed by atoms with Crippen LogP contribution in [0.3, 0.4) is 0 Å². The molecule has 0 aromatic heterocycles. The number of urea groups is 1. The number of anilines is 1. The summed E-state index contributed by atoms with van der Waals surface area (Å²) in [5.41, 5.74) is -1.57. The molecular formula is C17H12F3N3OS. The molecule has 0 radical (unpaired) electrons. The first-order valence-electron chi connectivity index (χ1n) is 7.45. The van der Waals surface area contributed by atoms with Gasteiger partial charge in [0.15, 0.2) is 5.17 Å². The van der Waals surface area contributed by atoms with Crippen molar-refractivity contribution in [1.29, 1.82) is 0 Å². The Labute approximate surface area is 145 Å². The van der Waals surface area contributed by atoms with Gasteiger partial charge in [0.05, 0.1) is 5.69 Å². The Morgan fingerprint density at radius 1 is 1.12 bits per heavy atom. The number of amides is 2. The SMILES string of the molecule is Cc1ccc([C@]2(C(F)(F)F)N=C3Sc4ccccc4N3C(=O)N2)cc1. The number of carbonyl (C=O) groups excluding carboxylic acids is 1. The van der Waals surface area contributed by atoms with Crippen molar-refractivity contribution in [2.45, 2.75) is 23.7 Å². The molecule has 2 aromatic carbocycles. The lowest BCUT2D eigenvalue weighted by molar-refractivity contribution is -0.195. The van der Waals surface area contributed by atoms with Crippen molar-refractivity contribution in [2.24, 2.45) is 4.99 Å². The van der Waals surface area contributed by atoms with E-state index in [0.29, 0.717) is 10.6 Å². The number of rotatable bonds is 1. The number of nitrogens with zero attached hydrogens (tertiary/aromatic N) is 2. The zero-order valence-corrected chi connectivity index (χ0v) is 13.8. The summed E-state index contributed by atoms with van der Waals surface area (Å²) in [6.07, 6.45) is -4.79. The Kier molecular flexibility index (Phi) is 3.37. The van der Waals surface area contributed by atoms with Crippen LogP contribution in [0.1, 0.15) is 11.1 Å². The van der Waals surface area contributed by atoms with Gasteiger partial charge in [-0.25, -0.2) is 14.7 Å². The third-order valence-corrected chi connectivity index (χ3v) is 5.15. The fraction of sp³-hybridized carbons (Fsp3) is 0.176. The minimum atomic E-state index is -4.79. The van der Waals surface area contributed by atoms with E-state index in [1.54, 1.807) is 43.3 Å². The standard InChI is InChI=1S/C17H12F3N3OS/c1-10-6-8-11(9-7-10)16(17(18,19)20)21-14(24)23-12-4-2-3-5-13(12)25-15(23)22-16/h2-9H,1H3,(H,21,24)/t16-/m1/s1. The summed E-state index contributed by atoms with van der Waals surface area (Å²) in [5.74, 6) is 0. The van der Waals surface area contributed by atoms with Crippen molar-refractivity contribution in [3.63, 3.8) is 0 Å². The molecule has 2 amide bonds. The summed E-state index contributed by atoms with van der Waals surface area (Å²) < 4.78 is 42.0. The first-order valence-corrected chi connectivity index (χ1v) is 8.26. The quantitative estimate of drug-likeness (QED) is 0.816. The molecule has 0 spiro atoms. The van der Waals surface area contributed by atoms with Gasteiger partial charge >= 0.3 is 12.2 Å². The number of fused-ring (bicyclic) bond motifs is 3. The maximum atomic E-state index is 14.0. The molecule has 0 fully saturated rings. The van der Waals surface area contributed by atoms with E-state index in [-0.39, 0.29) is 10.7 Å². The molecule has 1 N–H and O–H groups in total. The van der Waals surface area contributed by atoms with Gasteiger partial charge in [-0.15, -0.1) is 0 Å². The predicted octanol–water partition coefficient (Wildman–Crippen LogP) is 4.40. The van der Waals surface area contributed by atoms with Gasteiger partial charge in [0.25, 0.3) is 5.66 Å². The fourth-order valence-electron chi connectivity index (χ4n) is 2.86. The highest BCUT2D eigenvalue weighted by atomic mass is 32.2. The molecule has 2 aliphatic rings. The molecule has 4 nitrogen and oxygen atoms in total. The molecule has 4 rings (SSSR count). The molecular weight excluding hydrogens is 351 g/mol. The van der Waals surface area contributed by atoms with E-state index in [1.807, 2.05) is 0 Å². The van der Waals surface area contributed by atoms with E-state index in [9.17, 15) is 18.0 Å². The highest BCUT2D eigenvalue weighted by Crippen LogP contribution is 2.48. The second-order valence-electron chi connectivity index (χ2n) is 5.80. The van der Waals surface area contributed by atoms with Crippen LogP contribution in [0.5, 0.6) is 0 Å². The van der Waals surface area contributed by atoms with Gasteiger partial charge in [0.1, 0.15) is 0 Å². The summed E-state index contributed by atoms with van der Waals surface area (Å²) >= 11 is 1.06. The number of nitrogens with one attached hydrogen (secondary N) is 1. The second kappa shape index (κ2) is 5.26. The average molecular weight is 363 g/mol. The van der Waals surface area contributed by atoms with Crippen LogP contribution in [-0.2, 0) is 5.66 Å². The van der Waals surface area contributed by atoms with E-state index < -0.39 is 17.9 Å². The van der Waals surface area contributed by atoms with Gasteiger partial charge in [-0.3, -0.25) is 0 Å². The highest BCUT2D eigenvalue weighted by Gasteiger charge is 2.61. The van der Waals surface area contributed by atoms with Crippen LogP contribution in [0.2, 0.25) is 0 Å². The molecule has 2 aliphatic heterocycles. The van der Waals surface area contributed by atoms with Crippen LogP contribution >= 0.6 is 11.8 Å². The Morgan fingerprint density at radius 3 is 2.48 bits per heavy atom. The van der Waals surface area contributed by atoms with Gasteiger partial charge in [-0.2, -0.15) is 13.2 Å². The first-order chi connectivity index (χ1) is 11.8. The Hall–Kier alpha value is -2.48. The number of hydrogen-bond acceptors (Lipinski definition) is 3. The lowest BCUT2D eigenvalue weighted by Gasteiger charge is -2.38. The normalized spacial score (nSPS) is 22.2. The van der Waals surface area contributed by atoms with Gasteiger partial charge in [0, 0.05) is 10.5 Å². The van der Waals surface area contributed by atoms with Crippen LogP contribution in [-0.4, -0.2) is 17.4 Å². The lowest BCUT2D eigenvalue weighted by atomic mass is 9.97. The number of aliphatic imine (C=N–C) groups is 1. The van der Waals surface area contributed by atoms with Crippen LogP contribution in [0.25, 0.3) is 0 Å². The predicted molar refractivity (Wildman–Crippen MR) is 89.7 cm³/mol. The lowest BCUT2D eigenvalue weighted by Crippen LogP contribution is -2.62. The Bertz CT molecular complexity index is 895. The molecule has 128 valence electrons. The number of halogens is 3. The number of aryl methyl sites for hydroxylation is 1. The summed E-state index contributed by atoms with van der Waals surface area (Å²) in [6.45, 7) is 1.78. The van der Waals surface area contributed by atoms with Crippen LogP contribution in [0.4, 0.5) is 23.7 Å². The monoisotopic (exact) mass is 363 g/mol. The highest BCUT2D eigenvalue weighted by molar-refractivity contribution is 8.15. The number of carbonyl (C=O) groups is 1. The summed E-state index contributed by atoms with van der Waals surface area (Å²) in [5, 5.41) is 2.10. The molecule has 2 heterocycles. The number of alkyl halides is 3. The number of amidine groups is 1. The summed E-state index contributed by atoms with van der Waals surface area (Å²) in [7, 11) is 0. The van der Waals surface area contributed by atoms with Crippen molar-refractivity contribution >= 4 is 28.6 Å². The topological polar surface area (TPSA) is 44.7 Å². The van der Waals surface area contributed by atoms with E-state index in [0.717, 1.165) is 17.3 Å². The smallest absolute Gasteiger partial charge is 0.301 e. The zero-order chi connectivity index (χ0) is 17.8. The molecule has 0 aliphatic carbocycles. The van der Waals surface area contributed by atoms with Gasteiger partial charge < -0.3 is 5.32 Å². The summed E-state index contributed by atoms with van der Waals surface area (Å²) in [4.78, 5) is 18.4. The molecule has 1 atom stereocenters. The maximum Gasteiger partial charge on any atom is 0.436 e. The van der Waals surface area contributed by atoms with Crippen molar-refractivity contribution in [2.75, 3.05) is 4.90 Å². The van der Waals surface area contributed by atoms with Crippen LogP contribution in [0, 0.1) is 6.92 Å². The second-order valence-corrected chi connectivity index (χ2v) is 6.81. The van der Waals surface area contributed by atoms with Crippen molar-refractivity contribution in [3.8, 4) is 0 Å². The van der Waals surface area contributed by atoms with Gasteiger partial charge in [-0.05, 0) is 30.8 Å². The molecule has 8 heteroatoms. The van der Waals surface area contributed by atoms with Crippen LogP contribution < -0.4 is 10.2 Å². The first kappa shape index (κ1) is 16.0.